The highest BCUT2D eigenvalue weighted by molar-refractivity contribution is 7.72. The molecular weight excluding hydrogens is 329 g/mol. The molecule has 0 aliphatic carbocycles. The summed E-state index contributed by atoms with van der Waals surface area (Å²) in [5, 5.41) is 29.8. The van der Waals surface area contributed by atoms with Crippen LogP contribution in [-0.4, -0.2) is 83.0 Å². The third-order valence-corrected chi connectivity index (χ3v) is 5.65. The normalized spacial score (nSPS) is 31.2. The van der Waals surface area contributed by atoms with E-state index >= 15 is 0 Å². The summed E-state index contributed by atoms with van der Waals surface area (Å²) in [6.07, 6.45) is 4.36. The zero-order chi connectivity index (χ0) is 18.1. The number of amidine groups is 1. The quantitative estimate of drug-likeness (QED) is 0.496. The summed E-state index contributed by atoms with van der Waals surface area (Å²) in [4.78, 5) is 5.72. The highest BCUT2D eigenvalue weighted by Crippen LogP contribution is 2.39. The Morgan fingerprint density at radius 1 is 1.38 bits per heavy atom. The number of ether oxygens (including phenoxy) is 1. The molecule has 0 amide bonds. The predicted molar refractivity (Wildman–Crippen MR) is 98.4 cm³/mol. The molecule has 2 aliphatic rings. The van der Waals surface area contributed by atoms with E-state index in [2.05, 4.69) is 31.2 Å². The van der Waals surface area contributed by atoms with Crippen molar-refractivity contribution in [1.82, 2.24) is 4.90 Å². The third-order valence-electron chi connectivity index (χ3n) is 4.18. The number of nitrogens with two attached hydrogens (primary N) is 1. The fourth-order valence-corrected chi connectivity index (χ4v) is 3.74. The standard InChI is InChI=1S/C16H28N3O4P/c1-10-18-15(17)11(5-7-20)9-19(10)16-14(22)13(21)12(23-16)6-8-24(2,3)4/h9,12-14,16,20-22H,1-2,5-8H2,3-4H3,(H2,17,18)/t12?,13-,14-,16?/m1/s1. The Morgan fingerprint density at radius 3 is 2.62 bits per heavy atom. The van der Waals surface area contributed by atoms with Crippen molar-refractivity contribution in [2.24, 2.45) is 10.7 Å². The van der Waals surface area contributed by atoms with Gasteiger partial charge in [-0.05, 0) is 25.9 Å². The Hall–Kier alpha value is -1.11. The van der Waals surface area contributed by atoms with Crippen LogP contribution in [-0.2, 0) is 4.74 Å². The molecule has 0 spiro atoms. The van der Waals surface area contributed by atoms with E-state index in [1.807, 2.05) is 0 Å². The first-order valence-electron chi connectivity index (χ1n) is 7.96. The van der Waals surface area contributed by atoms with Crippen LogP contribution in [0.1, 0.15) is 12.8 Å². The maximum absolute atomic E-state index is 10.4. The van der Waals surface area contributed by atoms with Crippen LogP contribution in [0.25, 0.3) is 0 Å². The molecule has 0 radical (unpaired) electrons. The monoisotopic (exact) mass is 357 g/mol. The molecule has 0 bridgehead atoms. The smallest absolute Gasteiger partial charge is 0.164 e. The average molecular weight is 357 g/mol. The molecule has 1 saturated heterocycles. The largest absolute Gasteiger partial charge is 0.396 e. The molecule has 136 valence electrons. The zero-order valence-electron chi connectivity index (χ0n) is 14.3. The fourth-order valence-electron chi connectivity index (χ4n) is 2.78. The van der Waals surface area contributed by atoms with Gasteiger partial charge in [0.2, 0.25) is 0 Å². The first kappa shape index (κ1) is 19.2. The maximum atomic E-state index is 10.4. The van der Waals surface area contributed by atoms with E-state index in [1.165, 1.54) is 0 Å². The van der Waals surface area contributed by atoms with Crippen LogP contribution >= 0.6 is 6.89 Å². The average Bonchev–Trinajstić information content (AvgIpc) is 2.75. The molecule has 2 unspecified atom stereocenters. The number of nitrogens with zero attached hydrogens (tertiary/aromatic N) is 2. The van der Waals surface area contributed by atoms with Gasteiger partial charge < -0.3 is 30.7 Å². The first-order valence-corrected chi connectivity index (χ1v) is 11.0. The molecular formula is C16H28N3O4P. The van der Waals surface area contributed by atoms with E-state index in [4.69, 9.17) is 15.6 Å². The van der Waals surface area contributed by atoms with Gasteiger partial charge in [0.15, 0.2) is 6.23 Å². The minimum Gasteiger partial charge on any atom is -0.396 e. The van der Waals surface area contributed by atoms with Crippen molar-refractivity contribution in [2.45, 2.75) is 37.4 Å². The molecule has 5 N–H and O–H groups in total. The SMILES string of the molecule is C=C1N=C(N)C(CCO)=CN1C1OC(CCP(=C)(C)C)[C@@H](O)[C@H]1O. The highest BCUT2D eigenvalue weighted by atomic mass is 31.2. The number of rotatable bonds is 6. The summed E-state index contributed by atoms with van der Waals surface area (Å²) in [5.41, 5.74) is 6.47. The van der Waals surface area contributed by atoms with Crippen molar-refractivity contribution in [3.8, 4) is 0 Å². The van der Waals surface area contributed by atoms with Gasteiger partial charge in [-0.15, -0.1) is 13.2 Å². The summed E-state index contributed by atoms with van der Waals surface area (Å²) in [6.45, 7) is 6.77. The van der Waals surface area contributed by atoms with Gasteiger partial charge in [0.05, 0.1) is 6.10 Å². The van der Waals surface area contributed by atoms with Gasteiger partial charge in [-0.3, -0.25) is 0 Å². The maximum Gasteiger partial charge on any atom is 0.164 e. The van der Waals surface area contributed by atoms with Crippen molar-refractivity contribution in [3.63, 3.8) is 0 Å². The van der Waals surface area contributed by atoms with Crippen LogP contribution < -0.4 is 5.73 Å². The minimum atomic E-state index is -1.24. The summed E-state index contributed by atoms with van der Waals surface area (Å²) in [5.74, 6) is 0.620. The predicted octanol–water partition coefficient (Wildman–Crippen LogP) is -0.0573. The summed E-state index contributed by atoms with van der Waals surface area (Å²) < 4.78 is 5.89. The zero-order valence-corrected chi connectivity index (χ0v) is 15.2. The third kappa shape index (κ3) is 4.29. The van der Waals surface area contributed by atoms with Crippen molar-refractivity contribution in [2.75, 3.05) is 26.1 Å². The Labute approximate surface area is 143 Å². The topological polar surface area (TPSA) is 112 Å². The van der Waals surface area contributed by atoms with Gasteiger partial charge in [0, 0.05) is 24.8 Å². The van der Waals surface area contributed by atoms with Gasteiger partial charge >= 0.3 is 0 Å². The molecule has 0 saturated carbocycles. The van der Waals surface area contributed by atoms with Gasteiger partial charge in [-0.2, -0.15) is 0 Å². The lowest BCUT2D eigenvalue weighted by atomic mass is 10.1. The molecule has 1 fully saturated rings. The van der Waals surface area contributed by atoms with Gasteiger partial charge in [0.1, 0.15) is 23.9 Å². The van der Waals surface area contributed by atoms with Gasteiger partial charge in [-0.25, -0.2) is 4.99 Å². The Balaban J connectivity index is 2.14. The minimum absolute atomic E-state index is 0.0655. The molecule has 4 atom stereocenters. The second-order valence-corrected chi connectivity index (χ2v) is 11.3. The van der Waals surface area contributed by atoms with E-state index in [9.17, 15) is 10.2 Å². The summed E-state index contributed by atoms with van der Waals surface area (Å²) >= 11 is 0. The highest BCUT2D eigenvalue weighted by Gasteiger charge is 2.45. The lowest BCUT2D eigenvalue weighted by molar-refractivity contribution is -0.0581. The van der Waals surface area contributed by atoms with E-state index in [0.29, 0.717) is 30.1 Å². The number of aliphatic hydroxyl groups is 3. The number of hydrogen-bond donors (Lipinski definition) is 4. The van der Waals surface area contributed by atoms with Crippen LogP contribution in [0.3, 0.4) is 0 Å². The van der Waals surface area contributed by atoms with E-state index in [1.54, 1.807) is 11.1 Å². The number of aliphatic imine (C=N–C) groups is 1. The number of aliphatic hydroxyl groups excluding tert-OH is 3. The second kappa shape index (κ2) is 7.42. The van der Waals surface area contributed by atoms with Crippen LogP contribution in [0.2, 0.25) is 0 Å². The van der Waals surface area contributed by atoms with E-state index in [0.717, 1.165) is 6.16 Å². The first-order chi connectivity index (χ1) is 11.1. The molecule has 0 aromatic rings. The molecule has 7 nitrogen and oxygen atoms in total. The lowest BCUT2D eigenvalue weighted by Gasteiger charge is -2.32. The Bertz CT molecular complexity index is 598. The summed E-state index contributed by atoms with van der Waals surface area (Å²) in [7, 11) is 0. The van der Waals surface area contributed by atoms with Crippen LogP contribution in [0.5, 0.6) is 0 Å². The fraction of sp³-hybridized carbons (Fsp3) is 0.625. The second-order valence-electron chi connectivity index (χ2n) is 6.94. The Morgan fingerprint density at radius 2 is 2.04 bits per heavy atom. The number of hydrogen-bond acceptors (Lipinski definition) is 7. The Kier molecular flexibility index (Phi) is 5.94. The van der Waals surface area contributed by atoms with Crippen molar-refractivity contribution in [3.05, 3.63) is 24.2 Å². The van der Waals surface area contributed by atoms with Gasteiger partial charge in [0.25, 0.3) is 0 Å². The lowest BCUT2D eigenvalue weighted by Crippen LogP contribution is -2.42. The molecule has 24 heavy (non-hydrogen) atoms. The van der Waals surface area contributed by atoms with Crippen LogP contribution in [0.15, 0.2) is 29.2 Å². The van der Waals surface area contributed by atoms with Crippen molar-refractivity contribution < 1.29 is 20.1 Å². The van der Waals surface area contributed by atoms with E-state index in [-0.39, 0.29) is 6.61 Å². The summed E-state index contributed by atoms with van der Waals surface area (Å²) in [6, 6.07) is 0. The van der Waals surface area contributed by atoms with Crippen LogP contribution in [0, 0.1) is 0 Å². The molecule has 0 aromatic carbocycles. The molecule has 0 aromatic heterocycles. The van der Waals surface area contributed by atoms with Crippen LogP contribution in [0.4, 0.5) is 0 Å². The molecule has 8 heteroatoms. The molecule has 2 rings (SSSR count). The molecule has 2 heterocycles. The van der Waals surface area contributed by atoms with E-state index < -0.39 is 31.4 Å². The molecule has 2 aliphatic heterocycles. The van der Waals surface area contributed by atoms with Crippen molar-refractivity contribution in [1.29, 1.82) is 0 Å². The van der Waals surface area contributed by atoms with Gasteiger partial charge in [-0.1, -0.05) is 6.58 Å². The van der Waals surface area contributed by atoms with Crippen molar-refractivity contribution >= 4 is 19.0 Å².